The molecule has 2 atom stereocenters. The smallest absolute Gasteiger partial charge is 0.261 e. The molecule has 1 saturated heterocycles. The van der Waals surface area contributed by atoms with E-state index in [-0.39, 0.29) is 23.8 Å². The Morgan fingerprint density at radius 2 is 1.52 bits per heavy atom. The van der Waals surface area contributed by atoms with Gasteiger partial charge in [-0.2, -0.15) is 0 Å². The summed E-state index contributed by atoms with van der Waals surface area (Å²) in [4.78, 5) is 26.7. The number of rotatable bonds is 2. The highest BCUT2D eigenvalue weighted by molar-refractivity contribution is 6.30. The molecule has 23 heavy (non-hydrogen) atoms. The molecule has 2 heterocycles. The molecule has 0 unspecified atom stereocenters. The third kappa shape index (κ3) is 2.26. The number of imide groups is 1. The second-order valence-corrected chi connectivity index (χ2v) is 6.23. The van der Waals surface area contributed by atoms with E-state index in [9.17, 15) is 9.59 Å². The van der Waals surface area contributed by atoms with Crippen molar-refractivity contribution in [1.29, 1.82) is 0 Å². The van der Waals surface area contributed by atoms with Crippen LogP contribution in [0.4, 0.5) is 0 Å². The summed E-state index contributed by atoms with van der Waals surface area (Å²) in [5, 5.41) is 0.657. The maximum absolute atomic E-state index is 12.7. The molecule has 4 nitrogen and oxygen atoms in total. The van der Waals surface area contributed by atoms with Crippen molar-refractivity contribution in [3.63, 3.8) is 0 Å². The first-order chi connectivity index (χ1) is 11.2. The first kappa shape index (κ1) is 14.4. The average Bonchev–Trinajstić information content (AvgIpc) is 3.13. The van der Waals surface area contributed by atoms with E-state index >= 15 is 0 Å². The van der Waals surface area contributed by atoms with Gasteiger partial charge in [-0.1, -0.05) is 35.9 Å². The van der Waals surface area contributed by atoms with Gasteiger partial charge in [-0.15, -0.1) is 0 Å². The van der Waals surface area contributed by atoms with Crippen LogP contribution in [0.25, 0.3) is 0 Å². The van der Waals surface area contributed by atoms with Crippen molar-refractivity contribution in [2.75, 3.05) is 13.2 Å². The largest absolute Gasteiger partial charge is 0.379 e. The van der Waals surface area contributed by atoms with Crippen LogP contribution in [-0.4, -0.2) is 36.0 Å². The molecular formula is C18H14ClNO3. The molecule has 2 aliphatic rings. The fourth-order valence-electron chi connectivity index (χ4n) is 3.33. The van der Waals surface area contributed by atoms with Crippen LogP contribution in [0.3, 0.4) is 0 Å². The zero-order chi connectivity index (χ0) is 16.0. The fourth-order valence-corrected chi connectivity index (χ4v) is 3.46. The van der Waals surface area contributed by atoms with E-state index < -0.39 is 0 Å². The van der Waals surface area contributed by atoms with Gasteiger partial charge >= 0.3 is 0 Å². The van der Waals surface area contributed by atoms with Crippen molar-refractivity contribution >= 4 is 23.4 Å². The highest BCUT2D eigenvalue weighted by atomic mass is 35.5. The number of amides is 2. The summed E-state index contributed by atoms with van der Waals surface area (Å²) in [6, 6.07) is 14.1. The molecule has 0 radical (unpaired) electrons. The normalized spacial score (nSPS) is 23.4. The summed E-state index contributed by atoms with van der Waals surface area (Å²) in [5.41, 5.74) is 1.96. The molecule has 0 aliphatic carbocycles. The first-order valence-corrected chi connectivity index (χ1v) is 7.85. The van der Waals surface area contributed by atoms with Crippen LogP contribution >= 0.6 is 11.6 Å². The Kier molecular flexibility index (Phi) is 3.43. The van der Waals surface area contributed by atoms with Crippen LogP contribution in [0.5, 0.6) is 0 Å². The molecular weight excluding hydrogens is 314 g/mol. The zero-order valence-electron chi connectivity index (χ0n) is 12.2. The van der Waals surface area contributed by atoms with Crippen LogP contribution in [0.2, 0.25) is 5.02 Å². The molecule has 2 aromatic rings. The number of halogens is 1. The van der Waals surface area contributed by atoms with Crippen molar-refractivity contribution in [1.82, 2.24) is 4.90 Å². The minimum Gasteiger partial charge on any atom is -0.379 e. The average molecular weight is 328 g/mol. The maximum atomic E-state index is 12.7. The van der Waals surface area contributed by atoms with Gasteiger partial charge in [0.25, 0.3) is 11.8 Å². The van der Waals surface area contributed by atoms with Crippen molar-refractivity contribution in [2.24, 2.45) is 0 Å². The zero-order valence-corrected chi connectivity index (χ0v) is 13.0. The Labute approximate surface area is 138 Å². The molecule has 0 spiro atoms. The highest BCUT2D eigenvalue weighted by Gasteiger charge is 2.45. The fraction of sp³-hybridized carbons (Fsp3) is 0.222. The molecule has 0 aromatic heterocycles. The van der Waals surface area contributed by atoms with E-state index in [1.165, 1.54) is 4.90 Å². The molecule has 116 valence electrons. The van der Waals surface area contributed by atoms with E-state index in [1.54, 1.807) is 24.3 Å². The minimum atomic E-state index is -0.288. The van der Waals surface area contributed by atoms with Gasteiger partial charge < -0.3 is 4.74 Å². The van der Waals surface area contributed by atoms with Crippen molar-refractivity contribution < 1.29 is 14.3 Å². The number of carbonyl (C=O) groups excluding carboxylic acids is 2. The summed E-state index contributed by atoms with van der Waals surface area (Å²) >= 11 is 5.94. The maximum Gasteiger partial charge on any atom is 0.261 e. The second-order valence-electron chi connectivity index (χ2n) is 5.79. The van der Waals surface area contributed by atoms with Gasteiger partial charge in [-0.05, 0) is 29.8 Å². The van der Waals surface area contributed by atoms with Gasteiger partial charge in [0.15, 0.2) is 0 Å². The summed E-state index contributed by atoms with van der Waals surface area (Å²) < 4.78 is 5.58. The predicted molar refractivity (Wildman–Crippen MR) is 85.7 cm³/mol. The van der Waals surface area contributed by atoms with Crippen LogP contribution in [0.15, 0.2) is 48.5 Å². The Hall–Kier alpha value is -2.17. The standard InChI is InChI=1S/C18H14ClNO3/c19-12-7-5-11(6-8-12)15-9-23-10-16(15)20-17(21)13-3-1-2-4-14(13)18(20)22/h1-8,15-16H,9-10H2/t15-,16-/m0/s1. The minimum absolute atomic E-state index is 0.0329. The predicted octanol–water partition coefficient (Wildman–Crippen LogP) is 3.12. The SMILES string of the molecule is O=C1c2ccccc2C(=O)N1[C@H]1COC[C@H]1c1ccc(Cl)cc1. The number of hydrogen-bond acceptors (Lipinski definition) is 3. The number of fused-ring (bicyclic) bond motifs is 1. The van der Waals surface area contributed by atoms with Crippen LogP contribution in [-0.2, 0) is 4.74 Å². The molecule has 2 aromatic carbocycles. The van der Waals surface area contributed by atoms with Crippen LogP contribution in [0, 0.1) is 0 Å². The monoisotopic (exact) mass is 327 g/mol. The van der Waals surface area contributed by atoms with E-state index in [0.717, 1.165) is 5.56 Å². The topological polar surface area (TPSA) is 46.6 Å². The molecule has 1 fully saturated rings. The number of hydrogen-bond donors (Lipinski definition) is 0. The summed E-state index contributed by atoms with van der Waals surface area (Å²) in [7, 11) is 0. The number of benzene rings is 2. The lowest BCUT2D eigenvalue weighted by Crippen LogP contribution is -2.43. The van der Waals surface area contributed by atoms with Gasteiger partial charge in [0, 0.05) is 10.9 Å². The van der Waals surface area contributed by atoms with E-state index in [0.29, 0.717) is 29.4 Å². The van der Waals surface area contributed by atoms with Gasteiger partial charge in [0.2, 0.25) is 0 Å². The van der Waals surface area contributed by atoms with Crippen molar-refractivity contribution in [2.45, 2.75) is 12.0 Å². The molecule has 4 rings (SSSR count). The van der Waals surface area contributed by atoms with Crippen molar-refractivity contribution in [3.8, 4) is 0 Å². The van der Waals surface area contributed by atoms with Crippen LogP contribution in [0.1, 0.15) is 32.2 Å². The Balaban J connectivity index is 1.69. The molecule has 0 bridgehead atoms. The van der Waals surface area contributed by atoms with Gasteiger partial charge in [0.1, 0.15) is 0 Å². The Morgan fingerprint density at radius 3 is 2.13 bits per heavy atom. The number of carbonyl (C=O) groups is 2. The molecule has 0 saturated carbocycles. The molecule has 5 heteroatoms. The summed E-state index contributed by atoms with van der Waals surface area (Å²) in [6.07, 6.45) is 0. The van der Waals surface area contributed by atoms with Gasteiger partial charge in [-0.25, -0.2) is 0 Å². The van der Waals surface area contributed by atoms with Gasteiger partial charge in [-0.3, -0.25) is 14.5 Å². The van der Waals surface area contributed by atoms with Crippen molar-refractivity contribution in [3.05, 3.63) is 70.2 Å². The highest BCUT2D eigenvalue weighted by Crippen LogP contribution is 2.35. The first-order valence-electron chi connectivity index (χ1n) is 7.47. The van der Waals surface area contributed by atoms with Gasteiger partial charge in [0.05, 0.1) is 30.4 Å². The number of nitrogens with zero attached hydrogens (tertiary/aromatic N) is 1. The lowest BCUT2D eigenvalue weighted by Gasteiger charge is -2.26. The molecule has 2 aliphatic heterocycles. The Bertz CT molecular complexity index is 752. The third-order valence-corrected chi connectivity index (χ3v) is 4.76. The Morgan fingerprint density at radius 1 is 0.913 bits per heavy atom. The lowest BCUT2D eigenvalue weighted by atomic mass is 9.93. The lowest BCUT2D eigenvalue weighted by molar-refractivity contribution is 0.0558. The van der Waals surface area contributed by atoms with E-state index in [4.69, 9.17) is 16.3 Å². The molecule has 0 N–H and O–H groups in total. The quantitative estimate of drug-likeness (QED) is 0.796. The summed E-state index contributed by atoms with van der Waals surface area (Å²) in [6.45, 7) is 0.846. The summed E-state index contributed by atoms with van der Waals surface area (Å²) in [5.74, 6) is -0.505. The number of ether oxygens (including phenoxy) is 1. The second kappa shape index (κ2) is 5.48. The van der Waals surface area contributed by atoms with E-state index in [1.807, 2.05) is 24.3 Å². The third-order valence-electron chi connectivity index (χ3n) is 4.51. The van der Waals surface area contributed by atoms with Crippen LogP contribution < -0.4 is 0 Å². The van der Waals surface area contributed by atoms with E-state index in [2.05, 4.69) is 0 Å². The molecule has 2 amide bonds.